The lowest BCUT2D eigenvalue weighted by Crippen LogP contribution is -2.37. The minimum Gasteiger partial charge on any atom is -0.480 e. The molecule has 0 unspecified atom stereocenters. The van der Waals surface area contributed by atoms with Crippen LogP contribution in [0.5, 0.6) is 0 Å². The van der Waals surface area contributed by atoms with E-state index in [9.17, 15) is 24.3 Å². The lowest BCUT2D eigenvalue weighted by molar-refractivity contribution is -0.140. The summed E-state index contributed by atoms with van der Waals surface area (Å²) >= 11 is 8.64. The summed E-state index contributed by atoms with van der Waals surface area (Å²) in [6.45, 7) is 2.61. The van der Waals surface area contributed by atoms with Crippen molar-refractivity contribution in [3.63, 3.8) is 0 Å². The van der Waals surface area contributed by atoms with Crippen molar-refractivity contribution < 1.29 is 24.6 Å². The number of carbonyl (C=O) groups is 3. The number of fused-ring (bicyclic) bond motifs is 1. The number of thioether (sulfide) groups is 2. The molecular formula is C23H21N3O6S4. The highest BCUT2D eigenvalue weighted by Crippen LogP contribution is 2.45. The van der Waals surface area contributed by atoms with Crippen LogP contribution in [0.1, 0.15) is 13.8 Å². The number of allylic oxidation sites excluding steroid dienone is 1. The van der Waals surface area contributed by atoms with Crippen molar-refractivity contribution in [1.82, 2.24) is 9.47 Å². The van der Waals surface area contributed by atoms with E-state index in [-0.39, 0.29) is 19.8 Å². The molecule has 0 radical (unpaired) electrons. The summed E-state index contributed by atoms with van der Waals surface area (Å²) in [5.74, 6) is -3.22. The van der Waals surface area contributed by atoms with Crippen LogP contribution in [0.4, 0.5) is 5.69 Å². The molecule has 1 aromatic carbocycles. The number of thiazole rings is 1. The third kappa shape index (κ3) is 4.88. The highest BCUT2D eigenvalue weighted by molar-refractivity contribution is 8.30. The Morgan fingerprint density at radius 1 is 1.08 bits per heavy atom. The van der Waals surface area contributed by atoms with Crippen LogP contribution in [-0.2, 0) is 20.9 Å². The van der Waals surface area contributed by atoms with E-state index in [4.69, 9.17) is 17.3 Å². The zero-order valence-corrected chi connectivity index (χ0v) is 22.6. The Kier molecular flexibility index (Phi) is 7.46. The summed E-state index contributed by atoms with van der Waals surface area (Å²) < 4.78 is 1.56. The van der Waals surface area contributed by atoms with E-state index >= 15 is 0 Å². The van der Waals surface area contributed by atoms with Gasteiger partial charge in [0.1, 0.15) is 27.0 Å². The van der Waals surface area contributed by atoms with Crippen LogP contribution in [0.25, 0.3) is 10.5 Å². The molecule has 0 atom stereocenters. The number of aliphatic carboxylic acids is 2. The maximum Gasteiger partial charge on any atom is 0.323 e. The van der Waals surface area contributed by atoms with Crippen LogP contribution in [0.2, 0.25) is 0 Å². The molecule has 0 spiro atoms. The summed E-state index contributed by atoms with van der Waals surface area (Å²) in [6.07, 6.45) is 1.92. The van der Waals surface area contributed by atoms with Gasteiger partial charge in [-0.05, 0) is 29.7 Å². The van der Waals surface area contributed by atoms with Crippen molar-refractivity contribution in [2.45, 2.75) is 25.3 Å². The maximum atomic E-state index is 13.5. The van der Waals surface area contributed by atoms with E-state index in [1.807, 2.05) is 56.1 Å². The Morgan fingerprint density at radius 2 is 1.75 bits per heavy atom. The van der Waals surface area contributed by atoms with Crippen LogP contribution >= 0.6 is 47.1 Å². The molecule has 1 amide bonds. The molecule has 0 bridgehead atoms. The second kappa shape index (κ2) is 10.2. The number of aromatic nitrogens is 1. The summed E-state index contributed by atoms with van der Waals surface area (Å²) in [4.78, 5) is 53.4. The first-order valence-electron chi connectivity index (χ1n) is 10.7. The van der Waals surface area contributed by atoms with Crippen LogP contribution in [0.15, 0.2) is 45.1 Å². The number of amides is 1. The monoisotopic (exact) mass is 563 g/mol. The fourth-order valence-electron chi connectivity index (χ4n) is 3.71. The van der Waals surface area contributed by atoms with E-state index in [1.54, 1.807) is 11.8 Å². The number of carboxylic acid groups (broad SMARTS) is 2. The molecule has 2 aliphatic heterocycles. The average molecular weight is 564 g/mol. The van der Waals surface area contributed by atoms with Gasteiger partial charge in [0.15, 0.2) is 0 Å². The van der Waals surface area contributed by atoms with Crippen LogP contribution in [0.3, 0.4) is 0 Å². The van der Waals surface area contributed by atoms with Gasteiger partial charge in [0.25, 0.3) is 11.5 Å². The Morgan fingerprint density at radius 3 is 2.36 bits per heavy atom. The van der Waals surface area contributed by atoms with Gasteiger partial charge in [0.05, 0.1) is 15.2 Å². The van der Waals surface area contributed by atoms with Gasteiger partial charge in [0.2, 0.25) is 0 Å². The first kappa shape index (κ1) is 26.2. The van der Waals surface area contributed by atoms with Gasteiger partial charge in [0, 0.05) is 11.9 Å². The van der Waals surface area contributed by atoms with E-state index < -0.39 is 36.5 Å². The molecule has 4 rings (SSSR count). The predicted octanol–water partition coefficient (Wildman–Crippen LogP) is 1.94. The number of thiocarbonyl (C=S) groups is 1. The first-order valence-corrected chi connectivity index (χ1v) is 13.5. The maximum absolute atomic E-state index is 13.5. The Bertz CT molecular complexity index is 1520. The number of para-hydroxylation sites is 1. The quantitative estimate of drug-likeness (QED) is 0.505. The fourth-order valence-corrected chi connectivity index (χ4v) is 7.53. The van der Waals surface area contributed by atoms with Crippen molar-refractivity contribution >= 4 is 85.4 Å². The predicted molar refractivity (Wildman–Crippen MR) is 145 cm³/mol. The molecule has 36 heavy (non-hydrogen) atoms. The van der Waals surface area contributed by atoms with Crippen molar-refractivity contribution in [1.29, 1.82) is 0 Å². The highest BCUT2D eigenvalue weighted by Gasteiger charge is 2.35. The molecule has 13 heteroatoms. The van der Waals surface area contributed by atoms with Crippen molar-refractivity contribution in [3.05, 3.63) is 54.9 Å². The van der Waals surface area contributed by atoms with E-state index in [2.05, 4.69) is 0 Å². The number of carboxylic acids is 2. The topological polar surface area (TPSA) is 120 Å². The third-order valence-electron chi connectivity index (χ3n) is 5.45. The standard InChI is InChI=1S/C23H21N3O6S4/c1-11(2)12(8-15-24(3)13-6-4-5-7-14(13)34-15)18-20(31)25(9-16(27)28)22(35-18)19-21(32)26(10-17(29)30)23(33)36-19/h4-8,11H,9-10H2,1-3H3,(H,27,28)(H,29,30)/b15-8-,18-12+,22-19+. The summed E-state index contributed by atoms with van der Waals surface area (Å²) in [5, 5.41) is 19.5. The molecular weight excluding hydrogens is 543 g/mol. The minimum atomic E-state index is -1.24. The molecule has 0 aliphatic carbocycles. The molecule has 1 fully saturated rings. The van der Waals surface area contributed by atoms with Gasteiger partial charge in [-0.25, -0.2) is 0 Å². The number of benzene rings is 1. The van der Waals surface area contributed by atoms with Gasteiger partial charge < -0.3 is 15.1 Å². The Balaban J connectivity index is 1.96. The van der Waals surface area contributed by atoms with Crippen LogP contribution < -0.4 is 19.7 Å². The first-order chi connectivity index (χ1) is 17.0. The molecule has 9 nitrogen and oxygen atoms in total. The molecule has 0 saturated carbocycles. The second-order valence-corrected chi connectivity index (χ2v) is 11.9. The lowest BCUT2D eigenvalue weighted by Gasteiger charge is -2.15. The normalized spacial score (nSPS) is 18.9. The minimum absolute atomic E-state index is 0.0404. The lowest BCUT2D eigenvalue weighted by atomic mass is 10.0. The molecule has 3 heterocycles. The van der Waals surface area contributed by atoms with E-state index in [1.165, 1.54) is 0 Å². The largest absolute Gasteiger partial charge is 0.480 e. The Hall–Kier alpha value is -2.87. The van der Waals surface area contributed by atoms with Crippen molar-refractivity contribution in [3.8, 4) is 0 Å². The number of hydrogen-bond donors (Lipinski definition) is 2. The zero-order chi connectivity index (χ0) is 26.3. The Labute approximate surface area is 223 Å². The molecule has 2 N–H and O–H groups in total. The summed E-state index contributed by atoms with van der Waals surface area (Å²) in [5.41, 5.74) is 1.23. The number of carbonyl (C=O) groups excluding carboxylic acids is 1. The summed E-state index contributed by atoms with van der Waals surface area (Å²) in [7, 11) is 1.94. The smallest absolute Gasteiger partial charge is 0.323 e. The molecule has 2 aromatic rings. The van der Waals surface area contributed by atoms with Gasteiger partial charge in [-0.1, -0.05) is 61.7 Å². The van der Waals surface area contributed by atoms with Gasteiger partial charge in [-0.3, -0.25) is 28.6 Å². The fraction of sp³-hybridized carbons (Fsp3) is 0.261. The molecule has 2 aliphatic rings. The SMILES string of the molecule is CC(C)C(/C=C1\Sc2ccccc2N1C)=c1/s/c(=C2/SC(=S)N(CC(=O)O)C2=O)n(CC(=O)O)c1=O. The van der Waals surface area contributed by atoms with Gasteiger partial charge in [-0.2, -0.15) is 0 Å². The molecule has 1 aromatic heterocycles. The summed E-state index contributed by atoms with van der Waals surface area (Å²) in [6, 6.07) is 7.93. The number of nitrogens with zero attached hydrogens (tertiary/aromatic N) is 3. The van der Waals surface area contributed by atoms with Crippen LogP contribution in [0, 0.1) is 5.92 Å². The second-order valence-electron chi connectivity index (χ2n) is 8.22. The average Bonchev–Trinajstić information content (AvgIpc) is 3.39. The molecule has 1 saturated heterocycles. The van der Waals surface area contributed by atoms with E-state index in [0.29, 0.717) is 10.1 Å². The van der Waals surface area contributed by atoms with Gasteiger partial charge in [-0.15, -0.1) is 11.3 Å². The third-order valence-corrected chi connectivity index (χ3v) is 9.41. The van der Waals surface area contributed by atoms with Crippen molar-refractivity contribution in [2.24, 2.45) is 5.92 Å². The number of anilines is 1. The number of rotatable bonds is 6. The highest BCUT2D eigenvalue weighted by atomic mass is 32.2. The zero-order valence-electron chi connectivity index (χ0n) is 19.4. The van der Waals surface area contributed by atoms with Crippen molar-refractivity contribution in [2.75, 3.05) is 18.5 Å². The van der Waals surface area contributed by atoms with Gasteiger partial charge >= 0.3 is 11.9 Å². The molecule has 188 valence electrons. The van der Waals surface area contributed by atoms with E-state index in [0.717, 1.165) is 48.2 Å². The number of hydrogen-bond acceptors (Lipinski definition) is 9. The van der Waals surface area contributed by atoms with Crippen LogP contribution in [-0.4, -0.2) is 55.4 Å².